The van der Waals surface area contributed by atoms with Crippen molar-refractivity contribution in [2.24, 2.45) is 0 Å². The Kier molecular flexibility index (Phi) is 7.13. The summed E-state index contributed by atoms with van der Waals surface area (Å²) in [6.45, 7) is 0. The van der Waals surface area contributed by atoms with E-state index in [9.17, 15) is 0 Å². The Labute approximate surface area is 333 Å². The molecule has 12 rings (SSSR count). The van der Waals surface area contributed by atoms with Crippen LogP contribution in [-0.2, 0) is 0 Å². The second-order valence-electron chi connectivity index (χ2n) is 14.9. The first-order valence-corrected chi connectivity index (χ1v) is 20.3. The molecule has 0 unspecified atom stereocenters. The Morgan fingerprint density at radius 1 is 0.281 bits per heavy atom. The summed E-state index contributed by atoms with van der Waals surface area (Å²) >= 11 is 1.87. The maximum Gasteiger partial charge on any atom is 0.0547 e. The van der Waals surface area contributed by atoms with Gasteiger partial charge in [-0.1, -0.05) is 140 Å². The number of para-hydroxylation sites is 2. The molecule has 0 saturated heterocycles. The van der Waals surface area contributed by atoms with Crippen molar-refractivity contribution in [2.75, 3.05) is 0 Å². The molecule has 0 bridgehead atoms. The van der Waals surface area contributed by atoms with Crippen molar-refractivity contribution >= 4 is 75.1 Å². The van der Waals surface area contributed by atoms with E-state index in [-0.39, 0.29) is 0 Å². The van der Waals surface area contributed by atoms with Gasteiger partial charge < -0.3 is 9.13 Å². The van der Waals surface area contributed by atoms with Gasteiger partial charge in [-0.3, -0.25) is 0 Å². The monoisotopic (exact) mass is 742 g/mol. The molecule has 9 aromatic carbocycles. The van der Waals surface area contributed by atoms with Crippen LogP contribution in [-0.4, -0.2) is 9.13 Å². The lowest BCUT2D eigenvalue weighted by Crippen LogP contribution is -1.95. The van der Waals surface area contributed by atoms with Gasteiger partial charge in [0, 0.05) is 53.1 Å². The molecule has 57 heavy (non-hydrogen) atoms. The van der Waals surface area contributed by atoms with Gasteiger partial charge in [-0.25, -0.2) is 0 Å². The minimum Gasteiger partial charge on any atom is -0.309 e. The SMILES string of the molecule is c1ccc(-c2cccc(-n3c4ccccc4c4ccc(-c5ccc6c(c5)c5ccccc5n6-c5ccc(-c6cccc7sc8ccccc8c67)cc5)cc43)c2)cc1. The molecule has 3 heteroatoms. The highest BCUT2D eigenvalue weighted by Gasteiger charge is 2.17. The number of benzene rings is 9. The molecule has 3 aromatic heterocycles. The zero-order chi connectivity index (χ0) is 37.5. The molecule has 0 aliphatic heterocycles. The van der Waals surface area contributed by atoms with Crippen molar-refractivity contribution in [1.29, 1.82) is 0 Å². The predicted molar refractivity (Wildman–Crippen MR) is 244 cm³/mol. The third-order valence-electron chi connectivity index (χ3n) is 11.7. The molecular formula is C54H34N2S. The van der Waals surface area contributed by atoms with E-state index in [2.05, 4.69) is 215 Å². The van der Waals surface area contributed by atoms with Crippen LogP contribution in [0.2, 0.25) is 0 Å². The fourth-order valence-electron chi connectivity index (χ4n) is 9.12. The molecule has 2 nitrogen and oxygen atoms in total. The van der Waals surface area contributed by atoms with Crippen LogP contribution >= 0.6 is 11.3 Å². The zero-order valence-electron chi connectivity index (χ0n) is 30.9. The standard InChI is InChI=1S/C54H34N2S/c1-2-12-35(13-3-1)37-14-10-15-41(32-37)56-48-20-7-4-16-43(48)45-30-26-39(34-51(45)56)38-27-31-50-47(33-38)44-17-5-8-21-49(44)55(50)40-28-24-36(25-29-40)42-19-11-23-53-54(42)46-18-6-9-22-52(46)57-53/h1-34H. The van der Waals surface area contributed by atoms with E-state index in [4.69, 9.17) is 0 Å². The zero-order valence-corrected chi connectivity index (χ0v) is 31.7. The fraction of sp³-hybridized carbons (Fsp3) is 0. The van der Waals surface area contributed by atoms with Gasteiger partial charge in [-0.15, -0.1) is 11.3 Å². The summed E-state index contributed by atoms with van der Waals surface area (Å²) in [6.07, 6.45) is 0. The third kappa shape index (κ3) is 5.03. The summed E-state index contributed by atoms with van der Waals surface area (Å²) in [4.78, 5) is 0. The second kappa shape index (κ2) is 12.7. The van der Waals surface area contributed by atoms with Crippen LogP contribution in [0.4, 0.5) is 0 Å². The van der Waals surface area contributed by atoms with Crippen molar-refractivity contribution in [1.82, 2.24) is 9.13 Å². The smallest absolute Gasteiger partial charge is 0.0547 e. The van der Waals surface area contributed by atoms with E-state index in [0.29, 0.717) is 0 Å². The van der Waals surface area contributed by atoms with Gasteiger partial charge in [0.2, 0.25) is 0 Å². The van der Waals surface area contributed by atoms with E-state index in [0.717, 1.165) is 11.4 Å². The van der Waals surface area contributed by atoms with Crippen LogP contribution < -0.4 is 0 Å². The molecule has 266 valence electrons. The lowest BCUT2D eigenvalue weighted by Gasteiger charge is -2.12. The molecule has 12 aromatic rings. The minimum absolute atomic E-state index is 1.16. The van der Waals surface area contributed by atoms with Crippen LogP contribution in [0.3, 0.4) is 0 Å². The van der Waals surface area contributed by atoms with Gasteiger partial charge >= 0.3 is 0 Å². The Balaban J connectivity index is 0.983. The molecule has 0 atom stereocenters. The second-order valence-corrected chi connectivity index (χ2v) is 16.0. The molecule has 0 N–H and O–H groups in total. The number of nitrogens with zero attached hydrogens (tertiary/aromatic N) is 2. The van der Waals surface area contributed by atoms with E-state index < -0.39 is 0 Å². The van der Waals surface area contributed by atoms with Gasteiger partial charge in [-0.05, 0) is 100 Å². The minimum atomic E-state index is 1.16. The van der Waals surface area contributed by atoms with Crippen LogP contribution in [0, 0.1) is 0 Å². The molecular weight excluding hydrogens is 709 g/mol. The highest BCUT2D eigenvalue weighted by molar-refractivity contribution is 7.25. The van der Waals surface area contributed by atoms with E-state index in [1.165, 1.54) is 97.2 Å². The largest absolute Gasteiger partial charge is 0.309 e. The lowest BCUT2D eigenvalue weighted by atomic mass is 9.99. The lowest BCUT2D eigenvalue weighted by molar-refractivity contribution is 1.18. The quantitative estimate of drug-likeness (QED) is 0.166. The van der Waals surface area contributed by atoms with Crippen molar-refractivity contribution in [3.05, 3.63) is 206 Å². The Morgan fingerprint density at radius 2 is 0.842 bits per heavy atom. The molecule has 0 radical (unpaired) electrons. The summed E-state index contributed by atoms with van der Waals surface area (Å²) in [5, 5.41) is 7.68. The first kappa shape index (κ1) is 32.1. The molecule has 0 fully saturated rings. The average molecular weight is 743 g/mol. The van der Waals surface area contributed by atoms with Gasteiger partial charge in [0.15, 0.2) is 0 Å². The van der Waals surface area contributed by atoms with E-state index >= 15 is 0 Å². The number of hydrogen-bond donors (Lipinski definition) is 0. The van der Waals surface area contributed by atoms with Crippen LogP contribution in [0.1, 0.15) is 0 Å². The Bertz CT molecular complexity index is 3510. The van der Waals surface area contributed by atoms with Crippen molar-refractivity contribution < 1.29 is 0 Å². The third-order valence-corrected chi connectivity index (χ3v) is 12.9. The predicted octanol–water partition coefficient (Wildman–Crippen LogP) is 15.2. The average Bonchev–Trinajstić information content (AvgIpc) is 3.94. The fourth-order valence-corrected chi connectivity index (χ4v) is 10.3. The molecule has 0 amide bonds. The van der Waals surface area contributed by atoms with Gasteiger partial charge in [-0.2, -0.15) is 0 Å². The Hall–Kier alpha value is -7.20. The number of aromatic nitrogens is 2. The van der Waals surface area contributed by atoms with Crippen molar-refractivity contribution in [2.45, 2.75) is 0 Å². The van der Waals surface area contributed by atoms with E-state index in [1.807, 2.05) is 11.3 Å². The first-order valence-electron chi connectivity index (χ1n) is 19.5. The first-order chi connectivity index (χ1) is 28.3. The highest BCUT2D eigenvalue weighted by atomic mass is 32.1. The van der Waals surface area contributed by atoms with Gasteiger partial charge in [0.25, 0.3) is 0 Å². The molecule has 0 aliphatic carbocycles. The van der Waals surface area contributed by atoms with Crippen molar-refractivity contribution in [3.8, 4) is 44.8 Å². The van der Waals surface area contributed by atoms with Gasteiger partial charge in [0.1, 0.15) is 0 Å². The topological polar surface area (TPSA) is 9.86 Å². The van der Waals surface area contributed by atoms with Crippen LogP contribution in [0.15, 0.2) is 206 Å². The number of rotatable bonds is 5. The van der Waals surface area contributed by atoms with E-state index in [1.54, 1.807) is 0 Å². The molecule has 0 aliphatic rings. The molecule has 0 saturated carbocycles. The maximum absolute atomic E-state index is 2.43. The maximum atomic E-state index is 2.43. The summed E-state index contributed by atoms with van der Waals surface area (Å²) in [7, 11) is 0. The summed E-state index contributed by atoms with van der Waals surface area (Å²) < 4.78 is 7.50. The number of hydrogen-bond acceptors (Lipinski definition) is 1. The van der Waals surface area contributed by atoms with Crippen LogP contribution in [0.25, 0.3) is 109 Å². The number of fused-ring (bicyclic) bond motifs is 9. The summed E-state index contributed by atoms with van der Waals surface area (Å²) in [6, 6.07) is 75.6. The normalized spacial score (nSPS) is 11.9. The van der Waals surface area contributed by atoms with Crippen molar-refractivity contribution in [3.63, 3.8) is 0 Å². The molecule has 3 heterocycles. The van der Waals surface area contributed by atoms with Crippen LogP contribution in [0.5, 0.6) is 0 Å². The summed E-state index contributed by atoms with van der Waals surface area (Å²) in [5.41, 5.74) is 14.5. The summed E-state index contributed by atoms with van der Waals surface area (Å²) in [5.74, 6) is 0. The van der Waals surface area contributed by atoms with Gasteiger partial charge in [0.05, 0.1) is 22.1 Å². The Morgan fingerprint density at radius 3 is 1.67 bits per heavy atom. The molecule has 0 spiro atoms. The highest BCUT2D eigenvalue weighted by Crippen LogP contribution is 2.42. The number of thiophene rings is 1.